The molecular weight excluding hydrogens is 414 g/mol. The molecule has 0 aliphatic carbocycles. The summed E-state index contributed by atoms with van der Waals surface area (Å²) < 4.78 is 0. The van der Waals surface area contributed by atoms with Crippen molar-refractivity contribution in [3.63, 3.8) is 0 Å². The number of hydrogen-bond acceptors (Lipinski definition) is 5. The van der Waals surface area contributed by atoms with Crippen molar-refractivity contribution in [2.45, 2.75) is 65.8 Å². The molecule has 1 amide bonds. The number of aromatic amines is 1. The molecule has 1 unspecified atom stereocenters. The van der Waals surface area contributed by atoms with Gasteiger partial charge in [-0.15, -0.1) is 0 Å². The van der Waals surface area contributed by atoms with Crippen LogP contribution in [0, 0.1) is 13.8 Å². The third-order valence-corrected chi connectivity index (χ3v) is 6.41. The fourth-order valence-corrected chi connectivity index (χ4v) is 4.66. The van der Waals surface area contributed by atoms with Gasteiger partial charge in [-0.05, 0) is 68.4 Å². The van der Waals surface area contributed by atoms with Gasteiger partial charge < -0.3 is 9.88 Å². The number of amides is 1. The number of aromatic nitrogens is 4. The van der Waals surface area contributed by atoms with Gasteiger partial charge in [-0.25, -0.2) is 9.97 Å². The van der Waals surface area contributed by atoms with E-state index in [1.807, 2.05) is 44.1 Å². The Labute approximate surface area is 194 Å². The molecule has 33 heavy (non-hydrogen) atoms. The van der Waals surface area contributed by atoms with E-state index in [2.05, 4.69) is 21.9 Å². The average molecular weight is 446 g/mol. The normalized spacial score (nSPS) is 15.8. The summed E-state index contributed by atoms with van der Waals surface area (Å²) in [7, 11) is 0. The minimum Gasteiger partial charge on any atom is -0.330 e. The summed E-state index contributed by atoms with van der Waals surface area (Å²) in [6.45, 7) is 8.63. The van der Waals surface area contributed by atoms with Crippen LogP contribution in [0.25, 0.3) is 11.1 Å². The lowest BCUT2D eigenvalue weighted by atomic mass is 9.97. The van der Waals surface area contributed by atoms with E-state index in [4.69, 9.17) is 4.98 Å². The Kier molecular flexibility index (Phi) is 6.67. The zero-order chi connectivity index (χ0) is 23.5. The van der Waals surface area contributed by atoms with Crippen LogP contribution in [-0.4, -0.2) is 37.3 Å². The van der Waals surface area contributed by atoms with Gasteiger partial charge in [0.1, 0.15) is 11.4 Å². The summed E-state index contributed by atoms with van der Waals surface area (Å²) in [5, 5.41) is 0. The van der Waals surface area contributed by atoms with Crippen molar-refractivity contribution in [3.05, 3.63) is 75.0 Å². The van der Waals surface area contributed by atoms with Gasteiger partial charge in [-0.2, -0.15) is 0 Å². The van der Waals surface area contributed by atoms with E-state index in [1.165, 1.54) is 0 Å². The Morgan fingerprint density at radius 2 is 2.00 bits per heavy atom. The molecule has 0 aromatic carbocycles. The van der Waals surface area contributed by atoms with Crippen molar-refractivity contribution >= 4 is 5.91 Å². The second-order valence-corrected chi connectivity index (χ2v) is 8.71. The molecule has 3 aromatic heterocycles. The van der Waals surface area contributed by atoms with Gasteiger partial charge >= 0.3 is 0 Å². The zero-order valence-electron chi connectivity index (χ0n) is 19.8. The van der Waals surface area contributed by atoms with E-state index in [-0.39, 0.29) is 23.1 Å². The lowest BCUT2D eigenvalue weighted by Gasteiger charge is -2.26. The summed E-state index contributed by atoms with van der Waals surface area (Å²) in [6, 6.07) is 3.49. The molecule has 7 heteroatoms. The van der Waals surface area contributed by atoms with Crippen LogP contribution in [0.3, 0.4) is 0 Å². The number of rotatable bonds is 6. The Morgan fingerprint density at radius 3 is 2.73 bits per heavy atom. The zero-order valence-corrected chi connectivity index (χ0v) is 19.8. The molecule has 1 N–H and O–H groups in total. The lowest BCUT2D eigenvalue weighted by Crippen LogP contribution is -2.35. The van der Waals surface area contributed by atoms with E-state index in [0.717, 1.165) is 71.6 Å². The summed E-state index contributed by atoms with van der Waals surface area (Å²) in [6.07, 6.45) is 9.58. The van der Waals surface area contributed by atoms with E-state index in [1.54, 1.807) is 12.3 Å². The molecule has 4 heterocycles. The molecule has 172 valence electrons. The number of H-pyrrole nitrogens is 1. The van der Waals surface area contributed by atoms with E-state index < -0.39 is 0 Å². The Morgan fingerprint density at radius 1 is 1.18 bits per heavy atom. The summed E-state index contributed by atoms with van der Waals surface area (Å²) in [4.78, 5) is 44.8. The number of nitrogens with one attached hydrogen (secondary N) is 1. The molecule has 4 rings (SSSR count). The molecule has 1 atom stereocenters. The molecule has 0 saturated carbocycles. The van der Waals surface area contributed by atoms with Crippen LogP contribution in [-0.2, 0) is 12.8 Å². The van der Waals surface area contributed by atoms with Crippen molar-refractivity contribution in [1.29, 1.82) is 0 Å². The second-order valence-electron chi connectivity index (χ2n) is 8.71. The van der Waals surface area contributed by atoms with Crippen LogP contribution in [0.5, 0.6) is 0 Å². The number of likely N-dealkylation sites (tertiary alicyclic amines) is 1. The van der Waals surface area contributed by atoms with E-state index in [0.29, 0.717) is 6.54 Å². The first kappa shape index (κ1) is 22.8. The molecule has 1 aliphatic heterocycles. The smallest absolute Gasteiger partial charge is 0.261 e. The predicted molar refractivity (Wildman–Crippen MR) is 128 cm³/mol. The van der Waals surface area contributed by atoms with E-state index in [9.17, 15) is 9.59 Å². The van der Waals surface area contributed by atoms with Crippen LogP contribution in [0.4, 0.5) is 0 Å². The number of carbonyl (C=O) groups is 1. The topological polar surface area (TPSA) is 91.8 Å². The van der Waals surface area contributed by atoms with Crippen LogP contribution in [0.15, 0.2) is 35.5 Å². The standard InChI is InChI=1S/C26H31N5O2/c1-5-8-23-28-15-20(18-10-11-27-14-17(18)4)24(30-23)22-9-7-12-31(22)26(33)19-13-16(3)21(6-2)29-25(19)32/h10-11,13-15,22H,5-9,12H2,1-4H3,(H,29,32). The highest BCUT2D eigenvalue weighted by Gasteiger charge is 2.35. The van der Waals surface area contributed by atoms with Gasteiger partial charge in [-0.1, -0.05) is 13.8 Å². The fraction of sp³-hybridized carbons (Fsp3) is 0.423. The molecule has 0 radical (unpaired) electrons. The lowest BCUT2D eigenvalue weighted by molar-refractivity contribution is 0.0731. The number of aryl methyl sites for hydroxylation is 4. The molecule has 1 saturated heterocycles. The van der Waals surface area contributed by atoms with E-state index >= 15 is 0 Å². The van der Waals surface area contributed by atoms with Gasteiger partial charge in [0.25, 0.3) is 11.5 Å². The van der Waals surface area contributed by atoms with Crippen LogP contribution < -0.4 is 5.56 Å². The average Bonchev–Trinajstić information content (AvgIpc) is 3.30. The third kappa shape index (κ3) is 4.45. The molecule has 3 aromatic rings. The highest BCUT2D eigenvalue weighted by molar-refractivity contribution is 5.94. The van der Waals surface area contributed by atoms with Crippen molar-refractivity contribution in [3.8, 4) is 11.1 Å². The first-order valence-electron chi connectivity index (χ1n) is 11.7. The largest absolute Gasteiger partial charge is 0.330 e. The fourth-order valence-electron chi connectivity index (χ4n) is 4.66. The maximum Gasteiger partial charge on any atom is 0.261 e. The first-order valence-corrected chi connectivity index (χ1v) is 11.7. The Bertz CT molecular complexity index is 1230. The molecular formula is C26H31N5O2. The predicted octanol–water partition coefficient (Wildman–Crippen LogP) is 4.34. The summed E-state index contributed by atoms with van der Waals surface area (Å²) in [5.74, 6) is 0.542. The SMILES string of the molecule is CCCc1ncc(-c2ccncc2C)c(C2CCCN2C(=O)c2cc(C)c(CC)[nH]c2=O)n1. The van der Waals surface area contributed by atoms with Gasteiger partial charge in [0.15, 0.2) is 0 Å². The van der Waals surface area contributed by atoms with Gasteiger partial charge in [0.05, 0.1) is 11.7 Å². The number of nitrogens with zero attached hydrogens (tertiary/aromatic N) is 4. The minimum absolute atomic E-state index is 0.195. The molecule has 0 bridgehead atoms. The van der Waals surface area contributed by atoms with Crippen molar-refractivity contribution in [1.82, 2.24) is 24.8 Å². The Hall–Kier alpha value is -3.35. The Balaban J connectivity index is 1.79. The third-order valence-electron chi connectivity index (χ3n) is 6.41. The number of carbonyl (C=O) groups excluding carboxylic acids is 1. The van der Waals surface area contributed by atoms with Crippen LogP contribution in [0.1, 0.15) is 77.8 Å². The van der Waals surface area contributed by atoms with Crippen molar-refractivity contribution in [2.75, 3.05) is 6.54 Å². The molecule has 7 nitrogen and oxygen atoms in total. The first-order chi connectivity index (χ1) is 15.9. The highest BCUT2D eigenvalue weighted by atomic mass is 16.2. The maximum absolute atomic E-state index is 13.6. The maximum atomic E-state index is 13.6. The number of hydrogen-bond donors (Lipinski definition) is 1. The molecule has 0 spiro atoms. The van der Waals surface area contributed by atoms with Gasteiger partial charge in [0.2, 0.25) is 0 Å². The minimum atomic E-state index is -0.326. The summed E-state index contributed by atoms with van der Waals surface area (Å²) in [5.41, 5.74) is 5.49. The monoisotopic (exact) mass is 445 g/mol. The van der Waals surface area contributed by atoms with Gasteiger partial charge in [0, 0.05) is 42.8 Å². The quantitative estimate of drug-likeness (QED) is 0.609. The molecule has 1 aliphatic rings. The molecule has 1 fully saturated rings. The van der Waals surface area contributed by atoms with Crippen molar-refractivity contribution in [2.24, 2.45) is 0 Å². The summed E-state index contributed by atoms with van der Waals surface area (Å²) >= 11 is 0. The van der Waals surface area contributed by atoms with Gasteiger partial charge in [-0.3, -0.25) is 14.6 Å². The van der Waals surface area contributed by atoms with Crippen LogP contribution in [0.2, 0.25) is 0 Å². The van der Waals surface area contributed by atoms with Crippen LogP contribution >= 0.6 is 0 Å². The van der Waals surface area contributed by atoms with Crippen molar-refractivity contribution < 1.29 is 4.79 Å². The number of pyridine rings is 2. The highest BCUT2D eigenvalue weighted by Crippen LogP contribution is 2.38. The second kappa shape index (κ2) is 9.65.